The fourth-order valence-corrected chi connectivity index (χ4v) is 1.42. The van der Waals surface area contributed by atoms with E-state index in [2.05, 4.69) is 12.6 Å². The Hall–Kier alpha value is -0.210. The normalized spacial score (nSPS) is 13.0. The van der Waals surface area contributed by atoms with Crippen LogP contribution in [0.15, 0.2) is 18.2 Å². The van der Waals surface area contributed by atoms with Gasteiger partial charge in [0.15, 0.2) is 0 Å². The number of thiol groups is 1. The number of benzene rings is 1. The SMILES string of the molecule is CC(S)Cc1ccc(F)c(Cl)c1. The van der Waals surface area contributed by atoms with Gasteiger partial charge in [-0.05, 0) is 24.1 Å². The molecule has 1 aromatic rings. The first-order chi connectivity index (χ1) is 5.59. The molecule has 0 aliphatic heterocycles. The molecular weight excluding hydrogens is 195 g/mol. The Labute approximate surface area is 82.2 Å². The second kappa shape index (κ2) is 4.15. The van der Waals surface area contributed by atoms with Crippen LogP contribution in [0.1, 0.15) is 12.5 Å². The first kappa shape index (κ1) is 9.87. The fraction of sp³-hybridized carbons (Fsp3) is 0.333. The quantitative estimate of drug-likeness (QED) is 0.702. The zero-order valence-corrected chi connectivity index (χ0v) is 8.37. The third-order valence-electron chi connectivity index (χ3n) is 1.52. The average molecular weight is 205 g/mol. The van der Waals surface area contributed by atoms with Crippen molar-refractivity contribution in [1.29, 1.82) is 0 Å². The maximum atomic E-state index is 12.7. The summed E-state index contributed by atoms with van der Waals surface area (Å²) in [6, 6.07) is 4.76. The van der Waals surface area contributed by atoms with Crippen LogP contribution >= 0.6 is 24.2 Å². The van der Waals surface area contributed by atoms with E-state index >= 15 is 0 Å². The van der Waals surface area contributed by atoms with E-state index in [0.29, 0.717) is 0 Å². The van der Waals surface area contributed by atoms with Gasteiger partial charge in [-0.1, -0.05) is 24.6 Å². The van der Waals surface area contributed by atoms with Crippen molar-refractivity contribution < 1.29 is 4.39 Å². The predicted octanol–water partition coefficient (Wildman–Crippen LogP) is 3.34. The van der Waals surface area contributed by atoms with Gasteiger partial charge in [-0.25, -0.2) is 4.39 Å². The van der Waals surface area contributed by atoms with Gasteiger partial charge in [0.2, 0.25) is 0 Å². The van der Waals surface area contributed by atoms with Crippen molar-refractivity contribution in [3.63, 3.8) is 0 Å². The summed E-state index contributed by atoms with van der Waals surface area (Å²) < 4.78 is 12.7. The van der Waals surface area contributed by atoms with Gasteiger partial charge in [-0.3, -0.25) is 0 Å². The van der Waals surface area contributed by atoms with Crippen LogP contribution in [0, 0.1) is 5.82 Å². The van der Waals surface area contributed by atoms with Gasteiger partial charge < -0.3 is 0 Å². The maximum Gasteiger partial charge on any atom is 0.141 e. The molecule has 0 radical (unpaired) electrons. The summed E-state index contributed by atoms with van der Waals surface area (Å²) in [6.45, 7) is 1.99. The summed E-state index contributed by atoms with van der Waals surface area (Å²) in [5, 5.41) is 0.452. The lowest BCUT2D eigenvalue weighted by molar-refractivity contribution is 0.627. The van der Waals surface area contributed by atoms with Crippen molar-refractivity contribution in [3.8, 4) is 0 Å². The fourth-order valence-electron chi connectivity index (χ4n) is 1.01. The van der Waals surface area contributed by atoms with Crippen LogP contribution in [0.2, 0.25) is 5.02 Å². The molecule has 1 atom stereocenters. The standard InChI is InChI=1S/C9H10ClFS/c1-6(12)4-7-2-3-9(11)8(10)5-7/h2-3,5-6,12H,4H2,1H3. The lowest BCUT2D eigenvalue weighted by atomic mass is 10.1. The number of halogens is 2. The first-order valence-electron chi connectivity index (χ1n) is 3.71. The van der Waals surface area contributed by atoms with E-state index in [0.717, 1.165) is 12.0 Å². The molecule has 1 rings (SSSR count). The molecule has 0 aliphatic rings. The minimum Gasteiger partial charge on any atom is -0.205 e. The van der Waals surface area contributed by atoms with Crippen LogP contribution in [0.3, 0.4) is 0 Å². The highest BCUT2D eigenvalue weighted by atomic mass is 35.5. The summed E-state index contributed by atoms with van der Waals surface area (Å²) >= 11 is 9.83. The first-order valence-corrected chi connectivity index (χ1v) is 4.61. The smallest absolute Gasteiger partial charge is 0.141 e. The molecule has 0 nitrogen and oxygen atoms in total. The Morgan fingerprint density at radius 1 is 1.58 bits per heavy atom. The highest BCUT2D eigenvalue weighted by Gasteiger charge is 2.02. The minimum atomic E-state index is -0.368. The Morgan fingerprint density at radius 2 is 2.25 bits per heavy atom. The van der Waals surface area contributed by atoms with Gasteiger partial charge in [0.05, 0.1) is 5.02 Å². The molecule has 0 aromatic heterocycles. The van der Waals surface area contributed by atoms with Crippen molar-refractivity contribution in [2.24, 2.45) is 0 Å². The molecule has 12 heavy (non-hydrogen) atoms. The van der Waals surface area contributed by atoms with Crippen molar-refractivity contribution in [2.45, 2.75) is 18.6 Å². The molecule has 1 unspecified atom stereocenters. The molecule has 0 spiro atoms. The number of rotatable bonds is 2. The van der Waals surface area contributed by atoms with Crippen molar-refractivity contribution in [2.75, 3.05) is 0 Å². The topological polar surface area (TPSA) is 0 Å². The molecule has 66 valence electrons. The van der Waals surface area contributed by atoms with Crippen molar-refractivity contribution in [1.82, 2.24) is 0 Å². The molecule has 0 aliphatic carbocycles. The molecule has 0 bridgehead atoms. The monoisotopic (exact) mass is 204 g/mol. The van der Waals surface area contributed by atoms with Gasteiger partial charge >= 0.3 is 0 Å². The van der Waals surface area contributed by atoms with E-state index < -0.39 is 0 Å². The van der Waals surface area contributed by atoms with Crippen LogP contribution in [0.25, 0.3) is 0 Å². The van der Waals surface area contributed by atoms with E-state index in [-0.39, 0.29) is 16.1 Å². The van der Waals surface area contributed by atoms with Crippen LogP contribution in [0.5, 0.6) is 0 Å². The molecular formula is C9H10ClFS. The molecule has 0 saturated heterocycles. The van der Waals surface area contributed by atoms with E-state index in [1.165, 1.54) is 6.07 Å². The van der Waals surface area contributed by atoms with Crippen LogP contribution in [0.4, 0.5) is 4.39 Å². The molecule has 1 aromatic carbocycles. The Balaban J connectivity index is 2.82. The third-order valence-corrected chi connectivity index (χ3v) is 1.99. The van der Waals surface area contributed by atoms with Gasteiger partial charge in [-0.2, -0.15) is 12.6 Å². The van der Waals surface area contributed by atoms with E-state index in [4.69, 9.17) is 11.6 Å². The van der Waals surface area contributed by atoms with Crippen LogP contribution in [-0.2, 0) is 6.42 Å². The van der Waals surface area contributed by atoms with Gasteiger partial charge in [0.25, 0.3) is 0 Å². The minimum absolute atomic E-state index is 0.182. The van der Waals surface area contributed by atoms with Gasteiger partial charge in [-0.15, -0.1) is 0 Å². The van der Waals surface area contributed by atoms with Crippen LogP contribution in [-0.4, -0.2) is 5.25 Å². The summed E-state index contributed by atoms with van der Waals surface area (Å²) in [4.78, 5) is 0. The van der Waals surface area contributed by atoms with Crippen LogP contribution < -0.4 is 0 Å². The lowest BCUT2D eigenvalue weighted by Crippen LogP contribution is -1.97. The molecule has 0 saturated carbocycles. The second-order valence-electron chi connectivity index (χ2n) is 2.80. The van der Waals surface area contributed by atoms with Gasteiger partial charge in [0, 0.05) is 5.25 Å². The summed E-state index contributed by atoms with van der Waals surface area (Å²) in [5.74, 6) is -0.368. The molecule has 0 heterocycles. The lowest BCUT2D eigenvalue weighted by Gasteiger charge is -2.04. The van der Waals surface area contributed by atoms with Crippen molar-refractivity contribution >= 4 is 24.2 Å². The Kier molecular flexibility index (Phi) is 3.41. The molecule has 0 fully saturated rings. The Morgan fingerprint density at radius 3 is 2.75 bits per heavy atom. The highest BCUT2D eigenvalue weighted by Crippen LogP contribution is 2.17. The second-order valence-corrected chi connectivity index (χ2v) is 4.09. The molecule has 3 heteroatoms. The van der Waals surface area contributed by atoms with Gasteiger partial charge in [0.1, 0.15) is 5.82 Å². The Bertz CT molecular complexity index is 273. The highest BCUT2D eigenvalue weighted by molar-refractivity contribution is 7.80. The molecule has 0 amide bonds. The predicted molar refractivity (Wildman–Crippen MR) is 53.6 cm³/mol. The zero-order chi connectivity index (χ0) is 9.14. The summed E-state index contributed by atoms with van der Waals surface area (Å²) in [5.41, 5.74) is 1.02. The largest absolute Gasteiger partial charge is 0.205 e. The zero-order valence-electron chi connectivity index (χ0n) is 6.72. The third kappa shape index (κ3) is 2.68. The molecule has 0 N–H and O–H groups in total. The van der Waals surface area contributed by atoms with E-state index in [1.54, 1.807) is 12.1 Å². The van der Waals surface area contributed by atoms with Crippen molar-refractivity contribution in [3.05, 3.63) is 34.6 Å². The summed E-state index contributed by atoms with van der Waals surface area (Å²) in [7, 11) is 0. The maximum absolute atomic E-state index is 12.7. The number of hydrogen-bond donors (Lipinski definition) is 1. The average Bonchev–Trinajstić information content (AvgIpc) is 1.96. The van der Waals surface area contributed by atoms with E-state index in [9.17, 15) is 4.39 Å². The number of hydrogen-bond acceptors (Lipinski definition) is 1. The van der Waals surface area contributed by atoms with E-state index in [1.807, 2.05) is 6.92 Å². The summed E-state index contributed by atoms with van der Waals surface area (Å²) in [6.07, 6.45) is 0.809.